The molecule has 5 nitrogen and oxygen atoms in total. The number of para-hydroxylation sites is 1. The molecule has 0 aliphatic heterocycles. The number of ether oxygens (including phenoxy) is 1. The van der Waals surface area contributed by atoms with Gasteiger partial charge < -0.3 is 15.4 Å². The molecule has 0 bridgehead atoms. The smallest absolute Gasteiger partial charge is 0.223 e. The molecule has 0 heterocycles. The second-order valence-corrected chi connectivity index (χ2v) is 3.69. The molecule has 0 fully saturated rings. The van der Waals surface area contributed by atoms with E-state index in [1.165, 1.54) is 0 Å². The van der Waals surface area contributed by atoms with Gasteiger partial charge in [-0.1, -0.05) is 18.2 Å². The fraction of sp³-hybridized carbons (Fsp3) is 0.385. The van der Waals surface area contributed by atoms with Crippen LogP contribution in [-0.2, 0) is 9.59 Å². The minimum Gasteiger partial charge on any atom is -0.493 e. The first-order valence-electron chi connectivity index (χ1n) is 5.94. The van der Waals surface area contributed by atoms with Crippen LogP contribution in [0.2, 0.25) is 0 Å². The van der Waals surface area contributed by atoms with E-state index < -0.39 is 0 Å². The van der Waals surface area contributed by atoms with Gasteiger partial charge in [-0.05, 0) is 18.6 Å². The summed E-state index contributed by atoms with van der Waals surface area (Å²) >= 11 is 0. The van der Waals surface area contributed by atoms with E-state index in [2.05, 4.69) is 10.6 Å². The molecule has 0 unspecified atom stereocenters. The summed E-state index contributed by atoms with van der Waals surface area (Å²) in [6.07, 6.45) is 1.70. The number of rotatable bonds is 9. The van der Waals surface area contributed by atoms with Crippen LogP contribution < -0.4 is 15.4 Å². The maximum Gasteiger partial charge on any atom is 0.223 e. The fourth-order valence-electron chi connectivity index (χ4n) is 1.34. The van der Waals surface area contributed by atoms with Crippen LogP contribution in [-0.4, -0.2) is 32.0 Å². The minimum absolute atomic E-state index is 0.0444. The largest absolute Gasteiger partial charge is 0.493 e. The molecule has 98 valence electrons. The van der Waals surface area contributed by atoms with E-state index in [9.17, 15) is 9.59 Å². The molecule has 1 rings (SSSR count). The van der Waals surface area contributed by atoms with Crippen LogP contribution in [0.15, 0.2) is 30.3 Å². The van der Waals surface area contributed by atoms with Gasteiger partial charge in [-0.2, -0.15) is 0 Å². The molecule has 1 aromatic rings. The van der Waals surface area contributed by atoms with E-state index in [-0.39, 0.29) is 5.91 Å². The van der Waals surface area contributed by atoms with Crippen LogP contribution in [0.25, 0.3) is 0 Å². The van der Waals surface area contributed by atoms with E-state index in [0.717, 1.165) is 12.2 Å². The van der Waals surface area contributed by atoms with Gasteiger partial charge >= 0.3 is 0 Å². The standard InChI is InChI=1S/C13H18N2O3/c16-11-14-8-4-9-15-13(17)7-10-18-12-5-2-1-3-6-12/h1-3,5-6,11H,4,7-10H2,(H,14,16)(H,15,17). The van der Waals surface area contributed by atoms with Crippen molar-refractivity contribution in [1.29, 1.82) is 0 Å². The number of carbonyl (C=O) groups is 2. The Hall–Kier alpha value is -2.04. The van der Waals surface area contributed by atoms with Crippen LogP contribution in [0.1, 0.15) is 12.8 Å². The molecule has 0 saturated heterocycles. The van der Waals surface area contributed by atoms with Gasteiger partial charge in [0.25, 0.3) is 0 Å². The number of benzene rings is 1. The molecule has 18 heavy (non-hydrogen) atoms. The quantitative estimate of drug-likeness (QED) is 0.501. The normalized spacial score (nSPS) is 9.56. The van der Waals surface area contributed by atoms with Gasteiger partial charge in [0.15, 0.2) is 0 Å². The van der Waals surface area contributed by atoms with Gasteiger partial charge in [0.1, 0.15) is 5.75 Å². The van der Waals surface area contributed by atoms with E-state index in [1.54, 1.807) is 0 Å². The fourth-order valence-corrected chi connectivity index (χ4v) is 1.34. The first kappa shape index (κ1) is 14.0. The first-order valence-corrected chi connectivity index (χ1v) is 5.94. The molecule has 0 aliphatic carbocycles. The number of amides is 2. The van der Waals surface area contributed by atoms with Crippen LogP contribution in [0.3, 0.4) is 0 Å². The summed E-state index contributed by atoms with van der Waals surface area (Å²) in [5.74, 6) is 0.720. The topological polar surface area (TPSA) is 67.4 Å². The summed E-state index contributed by atoms with van der Waals surface area (Å²) in [5.41, 5.74) is 0. The van der Waals surface area contributed by atoms with Crippen LogP contribution in [0.5, 0.6) is 5.75 Å². The van der Waals surface area contributed by atoms with Gasteiger partial charge in [-0.25, -0.2) is 0 Å². The Balaban J connectivity index is 2.01. The molecule has 0 radical (unpaired) electrons. The molecule has 0 spiro atoms. The Labute approximate surface area is 107 Å². The predicted molar refractivity (Wildman–Crippen MR) is 68.2 cm³/mol. The van der Waals surface area contributed by atoms with Crippen LogP contribution in [0.4, 0.5) is 0 Å². The predicted octanol–water partition coefficient (Wildman–Crippen LogP) is 0.708. The van der Waals surface area contributed by atoms with Crippen molar-refractivity contribution in [3.8, 4) is 5.75 Å². The van der Waals surface area contributed by atoms with Crippen molar-refractivity contribution >= 4 is 12.3 Å². The third kappa shape index (κ3) is 6.52. The highest BCUT2D eigenvalue weighted by Gasteiger charge is 2.00. The molecule has 0 saturated carbocycles. The first-order chi connectivity index (χ1) is 8.83. The Morgan fingerprint density at radius 2 is 2.00 bits per heavy atom. The Morgan fingerprint density at radius 1 is 1.22 bits per heavy atom. The van der Waals surface area contributed by atoms with Crippen molar-refractivity contribution in [1.82, 2.24) is 10.6 Å². The summed E-state index contributed by atoms with van der Waals surface area (Å²) in [6, 6.07) is 9.38. The lowest BCUT2D eigenvalue weighted by molar-refractivity contribution is -0.121. The maximum atomic E-state index is 11.4. The molecule has 0 aliphatic rings. The van der Waals surface area contributed by atoms with Crippen molar-refractivity contribution in [2.45, 2.75) is 12.8 Å². The van der Waals surface area contributed by atoms with Crippen molar-refractivity contribution in [2.24, 2.45) is 0 Å². The zero-order valence-corrected chi connectivity index (χ0v) is 10.2. The zero-order chi connectivity index (χ0) is 13.1. The van der Waals surface area contributed by atoms with Crippen LogP contribution in [0, 0.1) is 0 Å². The average Bonchev–Trinajstić information content (AvgIpc) is 2.40. The molecular weight excluding hydrogens is 232 g/mol. The van der Waals surface area contributed by atoms with Gasteiger partial charge in [0.05, 0.1) is 13.0 Å². The van der Waals surface area contributed by atoms with Crippen molar-refractivity contribution < 1.29 is 14.3 Å². The van der Waals surface area contributed by atoms with Gasteiger partial charge in [0, 0.05) is 13.1 Å². The lowest BCUT2D eigenvalue weighted by Gasteiger charge is -2.07. The summed E-state index contributed by atoms with van der Waals surface area (Å²) in [6.45, 7) is 1.50. The van der Waals surface area contributed by atoms with E-state index >= 15 is 0 Å². The Morgan fingerprint density at radius 3 is 2.72 bits per heavy atom. The highest BCUT2D eigenvalue weighted by atomic mass is 16.5. The third-order valence-corrected chi connectivity index (χ3v) is 2.24. The van der Waals surface area contributed by atoms with Crippen molar-refractivity contribution in [3.05, 3.63) is 30.3 Å². The highest BCUT2D eigenvalue weighted by Crippen LogP contribution is 2.08. The second kappa shape index (κ2) is 9.04. The lowest BCUT2D eigenvalue weighted by Crippen LogP contribution is -2.28. The molecule has 1 aromatic carbocycles. The molecule has 0 atom stereocenters. The Bertz CT molecular complexity index is 355. The van der Waals surface area contributed by atoms with Gasteiger partial charge in [0.2, 0.25) is 12.3 Å². The molecule has 2 amide bonds. The molecule has 0 aromatic heterocycles. The SMILES string of the molecule is O=CNCCCNC(=O)CCOc1ccccc1. The molecule has 5 heteroatoms. The van der Waals surface area contributed by atoms with E-state index in [1.807, 2.05) is 30.3 Å². The van der Waals surface area contributed by atoms with Gasteiger partial charge in [-0.3, -0.25) is 9.59 Å². The number of hydrogen-bond donors (Lipinski definition) is 2. The van der Waals surface area contributed by atoms with Crippen molar-refractivity contribution in [2.75, 3.05) is 19.7 Å². The number of nitrogens with one attached hydrogen (secondary N) is 2. The zero-order valence-electron chi connectivity index (χ0n) is 10.2. The van der Waals surface area contributed by atoms with Gasteiger partial charge in [-0.15, -0.1) is 0 Å². The van der Waals surface area contributed by atoms with E-state index in [0.29, 0.717) is 32.5 Å². The average molecular weight is 250 g/mol. The lowest BCUT2D eigenvalue weighted by atomic mass is 10.3. The third-order valence-electron chi connectivity index (χ3n) is 2.24. The summed E-state index contributed by atoms with van der Waals surface area (Å²) < 4.78 is 5.40. The van der Waals surface area contributed by atoms with E-state index in [4.69, 9.17) is 4.74 Å². The second-order valence-electron chi connectivity index (χ2n) is 3.69. The monoisotopic (exact) mass is 250 g/mol. The summed E-state index contributed by atoms with van der Waals surface area (Å²) in [7, 11) is 0. The number of carbonyl (C=O) groups excluding carboxylic acids is 2. The number of hydrogen-bond acceptors (Lipinski definition) is 3. The highest BCUT2D eigenvalue weighted by molar-refractivity contribution is 5.75. The molecular formula is C13H18N2O3. The summed E-state index contributed by atoms with van der Waals surface area (Å²) in [4.78, 5) is 21.3. The van der Waals surface area contributed by atoms with Crippen molar-refractivity contribution in [3.63, 3.8) is 0 Å². The Kier molecular flexibility index (Phi) is 7.04. The summed E-state index contributed by atoms with van der Waals surface area (Å²) in [5, 5.41) is 5.28. The minimum atomic E-state index is -0.0444. The van der Waals surface area contributed by atoms with Crippen LogP contribution >= 0.6 is 0 Å². The molecule has 2 N–H and O–H groups in total. The maximum absolute atomic E-state index is 11.4.